The van der Waals surface area contributed by atoms with Gasteiger partial charge in [-0.2, -0.15) is 5.26 Å². The van der Waals surface area contributed by atoms with Gasteiger partial charge < -0.3 is 5.32 Å². The summed E-state index contributed by atoms with van der Waals surface area (Å²) in [7, 11) is 1.90. The van der Waals surface area contributed by atoms with Crippen molar-refractivity contribution in [3.8, 4) is 6.07 Å². The van der Waals surface area contributed by atoms with E-state index in [4.69, 9.17) is 5.26 Å². The van der Waals surface area contributed by atoms with E-state index in [-0.39, 0.29) is 12.2 Å². The molecule has 84 valence electrons. The summed E-state index contributed by atoms with van der Waals surface area (Å²) in [6, 6.07) is 6.79. The highest BCUT2D eigenvalue weighted by Crippen LogP contribution is 2.12. The second-order valence-corrected chi connectivity index (χ2v) is 3.48. The van der Waals surface area contributed by atoms with Crippen LogP contribution >= 0.6 is 0 Å². The fourth-order valence-electron chi connectivity index (χ4n) is 1.37. The Morgan fingerprint density at radius 2 is 2.31 bits per heavy atom. The highest BCUT2D eigenvalue weighted by atomic mass is 19.1. The van der Waals surface area contributed by atoms with Gasteiger partial charge in [0.05, 0.1) is 12.5 Å². The molecule has 3 heteroatoms. The summed E-state index contributed by atoms with van der Waals surface area (Å²) in [6.45, 7) is 0.919. The molecule has 1 N–H and O–H groups in total. The molecule has 1 rings (SSSR count). The maximum atomic E-state index is 13.2. The van der Waals surface area contributed by atoms with E-state index in [1.165, 1.54) is 6.07 Å². The molecule has 0 saturated carbocycles. The lowest BCUT2D eigenvalue weighted by atomic mass is 10.1. The first kappa shape index (κ1) is 12.4. The Hall–Kier alpha value is -1.66. The summed E-state index contributed by atoms with van der Waals surface area (Å²) in [5, 5.41) is 11.6. The number of halogens is 1. The van der Waals surface area contributed by atoms with E-state index in [9.17, 15) is 4.39 Å². The summed E-state index contributed by atoms with van der Waals surface area (Å²) in [6.07, 6.45) is 5.02. The van der Waals surface area contributed by atoms with Gasteiger partial charge in [0.15, 0.2) is 0 Å². The van der Waals surface area contributed by atoms with Crippen LogP contribution < -0.4 is 5.32 Å². The van der Waals surface area contributed by atoms with Crippen molar-refractivity contribution in [2.24, 2.45) is 0 Å². The predicted molar refractivity (Wildman–Crippen MR) is 63.3 cm³/mol. The molecule has 1 aromatic carbocycles. The third kappa shape index (κ3) is 3.84. The molecular formula is C13H15FN2. The normalized spacial score (nSPS) is 10.6. The van der Waals surface area contributed by atoms with Crippen molar-refractivity contribution >= 4 is 6.08 Å². The molecule has 0 saturated heterocycles. The van der Waals surface area contributed by atoms with Gasteiger partial charge in [0.25, 0.3) is 0 Å². The van der Waals surface area contributed by atoms with Gasteiger partial charge in [-0.1, -0.05) is 18.2 Å². The minimum absolute atomic E-state index is 0.115. The van der Waals surface area contributed by atoms with Crippen molar-refractivity contribution in [1.29, 1.82) is 5.26 Å². The van der Waals surface area contributed by atoms with Crippen molar-refractivity contribution in [3.05, 3.63) is 41.2 Å². The number of rotatable bonds is 5. The zero-order chi connectivity index (χ0) is 11.8. The highest BCUT2D eigenvalue weighted by molar-refractivity contribution is 5.50. The van der Waals surface area contributed by atoms with Crippen LogP contribution in [0.2, 0.25) is 0 Å². The van der Waals surface area contributed by atoms with E-state index in [1.54, 1.807) is 12.1 Å². The number of hydrogen-bond acceptors (Lipinski definition) is 2. The second-order valence-electron chi connectivity index (χ2n) is 3.48. The Morgan fingerprint density at radius 3 is 3.00 bits per heavy atom. The van der Waals surface area contributed by atoms with Crippen molar-refractivity contribution in [2.75, 3.05) is 13.6 Å². The van der Waals surface area contributed by atoms with E-state index in [0.717, 1.165) is 18.5 Å². The minimum Gasteiger partial charge on any atom is -0.319 e. The SMILES string of the molecule is CNCCC=Cc1ccc(F)c(CC#N)c1. The third-order valence-corrected chi connectivity index (χ3v) is 2.21. The molecule has 16 heavy (non-hydrogen) atoms. The van der Waals surface area contributed by atoms with Gasteiger partial charge in [-0.15, -0.1) is 0 Å². The van der Waals surface area contributed by atoms with Crippen LogP contribution in [0.25, 0.3) is 6.08 Å². The van der Waals surface area contributed by atoms with Crippen molar-refractivity contribution in [1.82, 2.24) is 5.32 Å². The smallest absolute Gasteiger partial charge is 0.127 e. The first-order valence-corrected chi connectivity index (χ1v) is 5.24. The van der Waals surface area contributed by atoms with Crippen LogP contribution in [0.5, 0.6) is 0 Å². The minimum atomic E-state index is -0.311. The van der Waals surface area contributed by atoms with Gasteiger partial charge in [0.1, 0.15) is 5.82 Å². The zero-order valence-corrected chi connectivity index (χ0v) is 9.33. The number of nitriles is 1. The topological polar surface area (TPSA) is 35.8 Å². The Labute approximate surface area is 95.4 Å². The summed E-state index contributed by atoms with van der Waals surface area (Å²) in [4.78, 5) is 0. The van der Waals surface area contributed by atoms with E-state index in [1.807, 2.05) is 25.3 Å². The van der Waals surface area contributed by atoms with Gasteiger partial charge in [-0.3, -0.25) is 0 Å². The molecule has 0 bridgehead atoms. The van der Waals surface area contributed by atoms with Crippen molar-refractivity contribution in [3.63, 3.8) is 0 Å². The average Bonchev–Trinajstić information content (AvgIpc) is 2.29. The van der Waals surface area contributed by atoms with Crippen LogP contribution in [-0.2, 0) is 6.42 Å². The quantitative estimate of drug-likeness (QED) is 0.771. The molecule has 0 spiro atoms. The fourth-order valence-corrected chi connectivity index (χ4v) is 1.37. The Balaban J connectivity index is 2.71. The molecule has 2 nitrogen and oxygen atoms in total. The van der Waals surface area contributed by atoms with E-state index in [2.05, 4.69) is 5.32 Å². The maximum absolute atomic E-state index is 13.2. The summed E-state index contributed by atoms with van der Waals surface area (Å²) < 4.78 is 13.2. The van der Waals surface area contributed by atoms with Crippen molar-refractivity contribution in [2.45, 2.75) is 12.8 Å². The third-order valence-electron chi connectivity index (χ3n) is 2.21. The largest absolute Gasteiger partial charge is 0.319 e. The number of benzene rings is 1. The Kier molecular flexibility index (Phi) is 5.24. The monoisotopic (exact) mass is 218 g/mol. The lowest BCUT2D eigenvalue weighted by Crippen LogP contribution is -2.05. The number of nitrogens with zero attached hydrogens (tertiary/aromatic N) is 1. The zero-order valence-electron chi connectivity index (χ0n) is 9.33. The lowest BCUT2D eigenvalue weighted by molar-refractivity contribution is 0.615. The first-order valence-electron chi connectivity index (χ1n) is 5.24. The molecular weight excluding hydrogens is 203 g/mol. The van der Waals surface area contributed by atoms with Gasteiger partial charge in [-0.05, 0) is 37.7 Å². The fraction of sp³-hybridized carbons (Fsp3) is 0.308. The second kappa shape index (κ2) is 6.76. The average molecular weight is 218 g/mol. The van der Waals surface area contributed by atoms with Gasteiger partial charge >= 0.3 is 0 Å². The number of hydrogen-bond donors (Lipinski definition) is 1. The van der Waals surface area contributed by atoms with Crippen LogP contribution in [0.1, 0.15) is 17.5 Å². The number of nitrogens with one attached hydrogen (secondary N) is 1. The standard InChI is InChI=1S/C13H15FN2/c1-16-9-3-2-4-11-5-6-13(14)12(10-11)7-8-15/h2,4-6,10,16H,3,7,9H2,1H3. The van der Waals surface area contributed by atoms with Crippen LogP contribution in [0.4, 0.5) is 4.39 Å². The van der Waals surface area contributed by atoms with Crippen LogP contribution in [0.15, 0.2) is 24.3 Å². The molecule has 0 unspecified atom stereocenters. The first-order chi connectivity index (χ1) is 7.77. The molecule has 0 aromatic heterocycles. The summed E-state index contributed by atoms with van der Waals surface area (Å²) in [5.74, 6) is -0.311. The van der Waals surface area contributed by atoms with Crippen LogP contribution in [0, 0.1) is 17.1 Å². The van der Waals surface area contributed by atoms with Gasteiger partial charge in [0.2, 0.25) is 0 Å². The van der Waals surface area contributed by atoms with Gasteiger partial charge in [-0.25, -0.2) is 4.39 Å². The Bertz CT molecular complexity index is 405. The molecule has 0 radical (unpaired) electrons. The maximum Gasteiger partial charge on any atom is 0.127 e. The molecule has 0 amide bonds. The van der Waals surface area contributed by atoms with Gasteiger partial charge in [0, 0.05) is 5.56 Å². The van der Waals surface area contributed by atoms with E-state index >= 15 is 0 Å². The predicted octanol–water partition coefficient (Wildman–Crippen LogP) is 2.51. The molecule has 0 aliphatic carbocycles. The molecule has 0 aliphatic heterocycles. The van der Waals surface area contributed by atoms with E-state index in [0.29, 0.717) is 5.56 Å². The summed E-state index contributed by atoms with van der Waals surface area (Å²) >= 11 is 0. The summed E-state index contributed by atoms with van der Waals surface area (Å²) in [5.41, 5.74) is 1.39. The molecule has 0 atom stereocenters. The highest BCUT2D eigenvalue weighted by Gasteiger charge is 2.01. The van der Waals surface area contributed by atoms with Crippen LogP contribution in [0.3, 0.4) is 0 Å². The molecule has 0 fully saturated rings. The van der Waals surface area contributed by atoms with Crippen molar-refractivity contribution < 1.29 is 4.39 Å². The lowest BCUT2D eigenvalue weighted by Gasteiger charge is -2.00. The molecule has 0 aliphatic rings. The van der Waals surface area contributed by atoms with Crippen LogP contribution in [-0.4, -0.2) is 13.6 Å². The Morgan fingerprint density at radius 1 is 1.50 bits per heavy atom. The molecule has 0 heterocycles. The molecule has 1 aromatic rings. The van der Waals surface area contributed by atoms with E-state index < -0.39 is 0 Å².